The lowest BCUT2D eigenvalue weighted by molar-refractivity contribution is -0.139. The highest BCUT2D eigenvalue weighted by atomic mass is 19.1. The third kappa shape index (κ3) is 4.15. The number of hydrogen-bond donors (Lipinski definition) is 2. The number of fused-ring (bicyclic) bond motifs is 1. The van der Waals surface area contributed by atoms with E-state index in [2.05, 4.69) is 15.3 Å². The lowest BCUT2D eigenvalue weighted by Gasteiger charge is -2.21. The van der Waals surface area contributed by atoms with Crippen molar-refractivity contribution in [1.29, 1.82) is 0 Å². The molecule has 0 fully saturated rings. The summed E-state index contributed by atoms with van der Waals surface area (Å²) in [5.41, 5.74) is 0.975. The number of nitrogens with one attached hydrogen (secondary N) is 1. The Morgan fingerprint density at radius 3 is 2.77 bits per heavy atom. The highest BCUT2D eigenvalue weighted by Gasteiger charge is 2.19. The minimum Gasteiger partial charge on any atom is -0.481 e. The maximum Gasteiger partial charge on any atom is 0.310 e. The van der Waals surface area contributed by atoms with Crippen LogP contribution in [0.4, 0.5) is 10.2 Å². The molecule has 1 unspecified atom stereocenters. The van der Waals surface area contributed by atoms with Crippen LogP contribution in [0.5, 0.6) is 11.6 Å². The quantitative estimate of drug-likeness (QED) is 0.604. The smallest absolute Gasteiger partial charge is 0.310 e. The van der Waals surface area contributed by atoms with Crippen molar-refractivity contribution >= 4 is 22.6 Å². The molecule has 2 N–H and O–H groups in total. The number of aliphatic carboxylic acids is 1. The van der Waals surface area contributed by atoms with Crippen molar-refractivity contribution in [3.8, 4) is 11.6 Å². The van der Waals surface area contributed by atoms with E-state index in [4.69, 9.17) is 9.84 Å². The van der Waals surface area contributed by atoms with Crippen LogP contribution in [0.2, 0.25) is 0 Å². The Balaban J connectivity index is 1.63. The number of carboxylic acid groups (broad SMARTS) is 1. The van der Waals surface area contributed by atoms with E-state index in [9.17, 15) is 9.18 Å². The van der Waals surface area contributed by atoms with Crippen molar-refractivity contribution in [2.45, 2.75) is 19.4 Å². The van der Waals surface area contributed by atoms with Crippen LogP contribution < -0.4 is 10.1 Å². The Morgan fingerprint density at radius 2 is 2.07 bits per heavy atom. The number of allylic oxidation sites excluding steroid dienone is 1. The Labute approximate surface area is 172 Å². The average molecular weight is 405 g/mol. The molecule has 0 radical (unpaired) electrons. The first kappa shape index (κ1) is 19.6. The van der Waals surface area contributed by atoms with E-state index < -0.39 is 17.7 Å². The van der Waals surface area contributed by atoms with Gasteiger partial charge in [0.05, 0.1) is 11.3 Å². The van der Waals surface area contributed by atoms with Crippen LogP contribution in [0.15, 0.2) is 72.6 Å². The first-order valence-electron chi connectivity index (χ1n) is 9.56. The van der Waals surface area contributed by atoms with Crippen LogP contribution in [-0.2, 0) is 4.79 Å². The summed E-state index contributed by atoms with van der Waals surface area (Å²) in [6, 6.07) is 9.46. The fraction of sp³-hybridized carbons (Fsp3) is 0.174. The second-order valence-corrected chi connectivity index (χ2v) is 7.04. The number of aromatic nitrogens is 2. The number of anilines is 1. The Morgan fingerprint density at radius 1 is 1.27 bits per heavy atom. The highest BCUT2D eigenvalue weighted by molar-refractivity contribution is 5.96. The molecule has 7 heteroatoms. The molecule has 3 aromatic rings. The molecule has 2 aromatic heterocycles. The Hall–Kier alpha value is -3.74. The van der Waals surface area contributed by atoms with E-state index in [1.165, 1.54) is 12.1 Å². The first-order chi connectivity index (χ1) is 14.5. The molecule has 0 saturated carbocycles. The molecule has 0 spiro atoms. The topological polar surface area (TPSA) is 84.3 Å². The van der Waals surface area contributed by atoms with Gasteiger partial charge in [0.25, 0.3) is 0 Å². The third-order valence-electron chi connectivity index (χ3n) is 4.95. The number of pyridine rings is 2. The van der Waals surface area contributed by atoms with Gasteiger partial charge in [-0.05, 0) is 48.6 Å². The number of rotatable bonds is 6. The monoisotopic (exact) mass is 405 g/mol. The minimum atomic E-state index is -0.830. The van der Waals surface area contributed by atoms with Crippen LogP contribution in [0.25, 0.3) is 10.8 Å². The van der Waals surface area contributed by atoms with Crippen LogP contribution in [0, 0.1) is 11.7 Å². The van der Waals surface area contributed by atoms with Crippen molar-refractivity contribution < 1.29 is 19.0 Å². The summed E-state index contributed by atoms with van der Waals surface area (Å²) in [6.07, 6.45) is 9.22. The van der Waals surface area contributed by atoms with Gasteiger partial charge in [-0.15, -0.1) is 0 Å². The van der Waals surface area contributed by atoms with Crippen LogP contribution in [0.3, 0.4) is 0 Å². The molecule has 6 nitrogen and oxygen atoms in total. The number of carboxylic acids is 1. The standard InChI is InChI=1S/C23H20FN3O3/c1-14(15-5-7-17(8-6-15)23(28)29)27-21-20-16(9-11-25-21)10-12-26-22(20)30-19-4-2-3-18(24)13-19/h2-7,9-14,17H,8H2,1H3,(H,25,27)(H,28,29)/t14-,17?/m1/s1. The molecule has 1 aliphatic carbocycles. The van der Waals surface area contributed by atoms with Gasteiger partial charge in [-0.2, -0.15) is 0 Å². The number of halogens is 1. The van der Waals surface area contributed by atoms with Gasteiger partial charge in [-0.1, -0.05) is 24.3 Å². The van der Waals surface area contributed by atoms with E-state index in [0.717, 1.165) is 11.0 Å². The zero-order valence-corrected chi connectivity index (χ0v) is 16.2. The van der Waals surface area contributed by atoms with E-state index >= 15 is 0 Å². The summed E-state index contributed by atoms with van der Waals surface area (Å²) in [5.74, 6) is -0.478. The van der Waals surface area contributed by atoms with Gasteiger partial charge in [-0.25, -0.2) is 14.4 Å². The predicted octanol–water partition coefficient (Wildman–Crippen LogP) is 4.95. The summed E-state index contributed by atoms with van der Waals surface area (Å²) >= 11 is 0. The molecule has 1 aliphatic rings. The number of carbonyl (C=O) groups is 1. The van der Waals surface area contributed by atoms with Crippen LogP contribution in [0.1, 0.15) is 13.3 Å². The maximum atomic E-state index is 13.5. The van der Waals surface area contributed by atoms with Gasteiger partial charge in [0.2, 0.25) is 5.88 Å². The van der Waals surface area contributed by atoms with Gasteiger partial charge in [0.15, 0.2) is 0 Å². The molecular formula is C23H20FN3O3. The molecule has 152 valence electrons. The summed E-state index contributed by atoms with van der Waals surface area (Å²) in [6.45, 7) is 1.97. The van der Waals surface area contributed by atoms with Crippen molar-refractivity contribution in [3.63, 3.8) is 0 Å². The predicted molar refractivity (Wildman–Crippen MR) is 112 cm³/mol. The number of hydrogen-bond acceptors (Lipinski definition) is 5. The largest absolute Gasteiger partial charge is 0.481 e. The fourth-order valence-electron chi connectivity index (χ4n) is 3.35. The van der Waals surface area contributed by atoms with E-state index in [-0.39, 0.29) is 6.04 Å². The number of ether oxygens (including phenoxy) is 1. The summed E-state index contributed by atoms with van der Waals surface area (Å²) in [4.78, 5) is 19.9. The lowest BCUT2D eigenvalue weighted by Crippen LogP contribution is -2.21. The van der Waals surface area contributed by atoms with Gasteiger partial charge in [-0.3, -0.25) is 4.79 Å². The molecule has 2 heterocycles. The number of benzene rings is 1. The van der Waals surface area contributed by atoms with Crippen molar-refractivity contribution in [1.82, 2.24) is 9.97 Å². The summed E-state index contributed by atoms with van der Waals surface area (Å²) in [7, 11) is 0. The minimum absolute atomic E-state index is 0.115. The zero-order chi connectivity index (χ0) is 21.1. The molecule has 0 amide bonds. The maximum absolute atomic E-state index is 13.5. The van der Waals surface area contributed by atoms with Crippen LogP contribution >= 0.6 is 0 Å². The normalized spacial score (nSPS) is 16.7. The molecule has 0 saturated heterocycles. The molecule has 2 atom stereocenters. The van der Waals surface area contributed by atoms with Crippen molar-refractivity contribution in [3.05, 3.63) is 78.4 Å². The van der Waals surface area contributed by atoms with Crippen LogP contribution in [-0.4, -0.2) is 27.1 Å². The van der Waals surface area contributed by atoms with Crippen molar-refractivity contribution in [2.75, 3.05) is 5.32 Å². The number of nitrogens with zero attached hydrogens (tertiary/aromatic N) is 2. The fourth-order valence-corrected chi connectivity index (χ4v) is 3.35. The second kappa shape index (κ2) is 8.32. The highest BCUT2D eigenvalue weighted by Crippen LogP contribution is 2.33. The zero-order valence-electron chi connectivity index (χ0n) is 16.2. The molecule has 30 heavy (non-hydrogen) atoms. The first-order valence-corrected chi connectivity index (χ1v) is 9.56. The van der Waals surface area contributed by atoms with Gasteiger partial charge in [0.1, 0.15) is 17.4 Å². The SMILES string of the molecule is C[C@@H](Nc1nccc2ccnc(Oc3cccc(F)c3)c12)C1=CCC(C(=O)O)C=C1. The molecule has 0 aliphatic heterocycles. The Bertz CT molecular complexity index is 1150. The molecular weight excluding hydrogens is 385 g/mol. The summed E-state index contributed by atoms with van der Waals surface area (Å²) in [5, 5.41) is 14.1. The molecule has 4 rings (SSSR count). The van der Waals surface area contributed by atoms with Gasteiger partial charge in [0, 0.05) is 24.5 Å². The molecule has 0 bridgehead atoms. The van der Waals surface area contributed by atoms with E-state index in [1.54, 1.807) is 30.6 Å². The lowest BCUT2D eigenvalue weighted by atomic mass is 9.94. The van der Waals surface area contributed by atoms with E-state index in [1.807, 2.05) is 31.2 Å². The third-order valence-corrected chi connectivity index (χ3v) is 4.95. The average Bonchev–Trinajstić information content (AvgIpc) is 2.74. The summed E-state index contributed by atoms with van der Waals surface area (Å²) < 4.78 is 19.4. The molecule has 1 aromatic carbocycles. The van der Waals surface area contributed by atoms with Gasteiger partial charge < -0.3 is 15.2 Å². The second-order valence-electron chi connectivity index (χ2n) is 7.04. The van der Waals surface area contributed by atoms with Gasteiger partial charge >= 0.3 is 5.97 Å². The Kier molecular flexibility index (Phi) is 5.43. The van der Waals surface area contributed by atoms with Crippen molar-refractivity contribution in [2.24, 2.45) is 5.92 Å². The van der Waals surface area contributed by atoms with E-state index in [0.29, 0.717) is 29.3 Å².